The summed E-state index contributed by atoms with van der Waals surface area (Å²) in [6, 6.07) is 6.63. The molecule has 0 bridgehead atoms. The first-order chi connectivity index (χ1) is 9.43. The van der Waals surface area contributed by atoms with Crippen LogP contribution in [0.3, 0.4) is 0 Å². The highest BCUT2D eigenvalue weighted by atomic mass is 31.2. The molecule has 0 aliphatic heterocycles. The summed E-state index contributed by atoms with van der Waals surface area (Å²) in [5.41, 5.74) is -3.35. The largest absolute Gasteiger partial charge is 0.401 e. The zero-order chi connectivity index (χ0) is 15.2. The zero-order valence-corrected chi connectivity index (χ0v) is 12.7. The van der Waals surface area contributed by atoms with Crippen LogP contribution in [0.4, 0.5) is 8.78 Å². The summed E-state index contributed by atoms with van der Waals surface area (Å²) in [5.74, 6) is 0. The summed E-state index contributed by atoms with van der Waals surface area (Å²) in [5, 5.41) is 2.50. The summed E-state index contributed by atoms with van der Waals surface area (Å²) < 4.78 is 51.2. The van der Waals surface area contributed by atoms with E-state index in [1.807, 2.05) is 0 Å². The van der Waals surface area contributed by atoms with Gasteiger partial charge in [0, 0.05) is 0 Å². The van der Waals surface area contributed by atoms with Crippen LogP contribution in [0.2, 0.25) is 0 Å². The topological polar surface area (TPSA) is 47.6 Å². The molecule has 1 aromatic rings. The lowest BCUT2D eigenvalue weighted by Gasteiger charge is -2.32. The molecule has 4 nitrogen and oxygen atoms in total. The minimum atomic E-state index is -4.56. The van der Waals surface area contributed by atoms with Crippen molar-refractivity contribution in [2.75, 3.05) is 20.3 Å². The molecule has 1 atom stereocenters. The second kappa shape index (κ2) is 7.27. The second-order valence-corrected chi connectivity index (χ2v) is 6.16. The maximum Gasteiger partial charge on any atom is 0.401 e. The Labute approximate surface area is 118 Å². The molecule has 0 radical (unpaired) electrons. The van der Waals surface area contributed by atoms with Crippen LogP contribution in [0.15, 0.2) is 30.3 Å². The van der Waals surface area contributed by atoms with E-state index in [1.165, 1.54) is 33.0 Å². The second-order valence-electron chi connectivity index (χ2n) is 4.05. The number of rotatable bonds is 8. The van der Waals surface area contributed by atoms with Gasteiger partial charge in [-0.1, -0.05) is 30.3 Å². The van der Waals surface area contributed by atoms with Crippen LogP contribution in [0, 0.1) is 0 Å². The third-order valence-corrected chi connectivity index (χ3v) is 4.92. The normalized spacial score (nSPS) is 14.2. The lowest BCUT2D eigenvalue weighted by Crippen LogP contribution is -2.36. The minimum absolute atomic E-state index is 0.113. The molecule has 0 spiro atoms. The maximum absolute atomic E-state index is 14.6. The quantitative estimate of drug-likeness (QED) is 0.742. The predicted molar refractivity (Wildman–Crippen MR) is 74.0 cm³/mol. The number of benzene rings is 1. The van der Waals surface area contributed by atoms with Crippen molar-refractivity contribution in [3.63, 3.8) is 0 Å². The van der Waals surface area contributed by atoms with Crippen molar-refractivity contribution in [2.24, 2.45) is 0 Å². The fraction of sp³-hybridized carbons (Fsp3) is 0.538. The maximum atomic E-state index is 14.6. The van der Waals surface area contributed by atoms with Crippen molar-refractivity contribution in [3.8, 4) is 0 Å². The van der Waals surface area contributed by atoms with Gasteiger partial charge in [-0.2, -0.15) is 8.78 Å². The van der Waals surface area contributed by atoms with E-state index in [1.54, 1.807) is 18.2 Å². The average molecular weight is 307 g/mol. The summed E-state index contributed by atoms with van der Waals surface area (Å²) in [7, 11) is -3.17. The van der Waals surface area contributed by atoms with Crippen molar-refractivity contribution in [3.05, 3.63) is 35.9 Å². The molecule has 1 aromatic carbocycles. The zero-order valence-electron chi connectivity index (χ0n) is 11.8. The first kappa shape index (κ1) is 17.2. The van der Waals surface area contributed by atoms with E-state index < -0.39 is 19.3 Å². The van der Waals surface area contributed by atoms with Crippen molar-refractivity contribution < 1.29 is 22.4 Å². The van der Waals surface area contributed by atoms with E-state index >= 15 is 0 Å². The molecule has 0 aliphatic carbocycles. The molecule has 1 unspecified atom stereocenters. The van der Waals surface area contributed by atoms with Crippen LogP contribution in [-0.4, -0.2) is 25.9 Å². The number of hydrogen-bond acceptors (Lipinski definition) is 4. The van der Waals surface area contributed by atoms with Gasteiger partial charge in [0.1, 0.15) is 6.04 Å². The molecular formula is C13H20F2NO3P. The average Bonchev–Trinajstić information content (AvgIpc) is 2.41. The number of alkyl halides is 2. The SMILES string of the molecule is CCOP(=O)(OCC)C(F)(F)C(NC)c1ccccc1. The van der Waals surface area contributed by atoms with Crippen LogP contribution < -0.4 is 5.32 Å². The molecule has 1 N–H and O–H groups in total. The molecule has 20 heavy (non-hydrogen) atoms. The van der Waals surface area contributed by atoms with Crippen LogP contribution in [-0.2, 0) is 13.6 Å². The third kappa shape index (κ3) is 3.44. The van der Waals surface area contributed by atoms with Gasteiger partial charge in [-0.15, -0.1) is 0 Å². The van der Waals surface area contributed by atoms with Crippen LogP contribution in [0.25, 0.3) is 0 Å². The van der Waals surface area contributed by atoms with Gasteiger partial charge >= 0.3 is 13.3 Å². The van der Waals surface area contributed by atoms with E-state index in [2.05, 4.69) is 5.32 Å². The Kier molecular flexibility index (Phi) is 6.27. The monoisotopic (exact) mass is 307 g/mol. The Balaban J connectivity index is 3.19. The van der Waals surface area contributed by atoms with Crippen LogP contribution in [0.1, 0.15) is 25.5 Å². The molecule has 0 saturated carbocycles. The number of nitrogens with one attached hydrogen (secondary N) is 1. The smallest absolute Gasteiger partial charge is 0.307 e. The highest BCUT2D eigenvalue weighted by molar-refractivity contribution is 7.55. The van der Waals surface area contributed by atoms with Gasteiger partial charge in [0.05, 0.1) is 13.2 Å². The van der Waals surface area contributed by atoms with Crippen LogP contribution in [0.5, 0.6) is 0 Å². The highest BCUT2D eigenvalue weighted by Crippen LogP contribution is 2.65. The number of halogens is 2. The van der Waals surface area contributed by atoms with E-state index in [0.29, 0.717) is 5.56 Å². The molecule has 0 fully saturated rings. The van der Waals surface area contributed by atoms with E-state index in [9.17, 15) is 13.3 Å². The molecule has 0 aliphatic rings. The molecule has 0 heterocycles. The van der Waals surface area contributed by atoms with Gasteiger partial charge in [0.2, 0.25) is 0 Å². The van der Waals surface area contributed by atoms with Crippen molar-refractivity contribution in [2.45, 2.75) is 25.6 Å². The molecular weight excluding hydrogens is 287 g/mol. The van der Waals surface area contributed by atoms with E-state index in [-0.39, 0.29) is 13.2 Å². The van der Waals surface area contributed by atoms with Crippen molar-refractivity contribution in [1.82, 2.24) is 5.32 Å². The van der Waals surface area contributed by atoms with Gasteiger partial charge < -0.3 is 14.4 Å². The Hall–Kier alpha value is -0.810. The third-order valence-electron chi connectivity index (χ3n) is 2.73. The van der Waals surface area contributed by atoms with Gasteiger partial charge in [0.15, 0.2) is 0 Å². The molecule has 0 saturated heterocycles. The Morgan fingerprint density at radius 3 is 2.10 bits per heavy atom. The standard InChI is InChI=1S/C13H20F2NO3P/c1-4-18-20(17,19-5-2)13(14,15)12(16-3)11-9-7-6-8-10-11/h6-10,12,16H,4-5H2,1-3H3. The fourth-order valence-corrected chi connectivity index (χ4v) is 3.59. The molecule has 114 valence electrons. The molecule has 0 aromatic heterocycles. The Morgan fingerprint density at radius 1 is 1.20 bits per heavy atom. The molecule has 1 rings (SSSR count). The van der Waals surface area contributed by atoms with Crippen LogP contribution >= 0.6 is 7.60 Å². The molecule has 7 heteroatoms. The van der Waals surface area contributed by atoms with Gasteiger partial charge in [-0.25, -0.2) is 0 Å². The summed E-state index contributed by atoms with van der Waals surface area (Å²) >= 11 is 0. The van der Waals surface area contributed by atoms with Gasteiger partial charge in [-0.3, -0.25) is 4.57 Å². The van der Waals surface area contributed by atoms with E-state index in [0.717, 1.165) is 0 Å². The first-order valence-corrected chi connectivity index (χ1v) is 7.96. The summed E-state index contributed by atoms with van der Waals surface area (Å²) in [6.45, 7) is 2.77. The van der Waals surface area contributed by atoms with Crippen molar-refractivity contribution in [1.29, 1.82) is 0 Å². The highest BCUT2D eigenvalue weighted by Gasteiger charge is 2.58. The minimum Gasteiger partial charge on any atom is -0.307 e. The lowest BCUT2D eigenvalue weighted by molar-refractivity contribution is 0.00683. The predicted octanol–water partition coefficient (Wildman–Crippen LogP) is 3.81. The van der Waals surface area contributed by atoms with Gasteiger partial charge in [0.25, 0.3) is 0 Å². The fourth-order valence-electron chi connectivity index (χ4n) is 1.89. The first-order valence-electron chi connectivity index (χ1n) is 6.42. The molecule has 0 amide bonds. The summed E-state index contributed by atoms with van der Waals surface area (Å²) in [6.07, 6.45) is 0. The Bertz CT molecular complexity index is 446. The number of hydrogen-bond donors (Lipinski definition) is 1. The van der Waals surface area contributed by atoms with Gasteiger partial charge in [-0.05, 0) is 26.5 Å². The van der Waals surface area contributed by atoms with Crippen molar-refractivity contribution >= 4 is 7.60 Å². The van der Waals surface area contributed by atoms with E-state index in [4.69, 9.17) is 9.05 Å². The summed E-state index contributed by atoms with van der Waals surface area (Å²) in [4.78, 5) is 0. The lowest BCUT2D eigenvalue weighted by atomic mass is 10.1. The Morgan fingerprint density at radius 2 is 1.70 bits per heavy atom.